The number of carbonyl (C=O) groups excluding carboxylic acids is 2. The fraction of sp³-hybridized carbons (Fsp3) is 0.529. The van der Waals surface area contributed by atoms with E-state index in [-0.39, 0.29) is 22.8 Å². The van der Waals surface area contributed by atoms with E-state index in [1.807, 2.05) is 0 Å². The van der Waals surface area contributed by atoms with E-state index in [2.05, 4.69) is 32.6 Å². The minimum Gasteiger partial charge on any atom is -0.294 e. The maximum Gasteiger partial charge on any atom is 0.230 e. The van der Waals surface area contributed by atoms with Crippen LogP contribution in [0.5, 0.6) is 0 Å². The van der Waals surface area contributed by atoms with Gasteiger partial charge >= 0.3 is 0 Å². The van der Waals surface area contributed by atoms with Crippen molar-refractivity contribution in [3.8, 4) is 0 Å². The van der Waals surface area contributed by atoms with E-state index in [9.17, 15) is 14.0 Å². The molecule has 0 spiro atoms. The molecule has 128 valence electrons. The zero-order valence-electron chi connectivity index (χ0n) is 14.5. The molecular weight excluding hydrogens is 319 g/mol. The number of hydrogen-bond acceptors (Lipinski definition) is 3. The molecule has 0 heterocycles. The first-order valence-corrected chi connectivity index (χ1v) is 7.99. The minimum absolute atomic E-state index is 0.0585. The number of imide groups is 1. The zero-order valence-corrected chi connectivity index (χ0v) is 15.2. The molecule has 0 unspecified atom stereocenters. The number of halogens is 2. The maximum absolute atomic E-state index is 14.2. The Morgan fingerprint density at radius 1 is 1.09 bits per heavy atom. The van der Waals surface area contributed by atoms with E-state index in [4.69, 9.17) is 11.6 Å². The van der Waals surface area contributed by atoms with Crippen LogP contribution in [0.3, 0.4) is 0 Å². The van der Waals surface area contributed by atoms with Gasteiger partial charge in [0.05, 0.1) is 5.69 Å². The third kappa shape index (κ3) is 4.75. The molecule has 0 fully saturated rings. The molecule has 0 aliphatic heterocycles. The number of nitrogens with zero attached hydrogens (tertiary/aromatic N) is 2. The Bertz CT molecular complexity index is 581. The van der Waals surface area contributed by atoms with Gasteiger partial charge in [0.1, 0.15) is 5.82 Å². The van der Waals surface area contributed by atoms with Gasteiger partial charge < -0.3 is 0 Å². The third-order valence-electron chi connectivity index (χ3n) is 3.67. The van der Waals surface area contributed by atoms with Crippen LogP contribution < -0.4 is 4.90 Å². The standard InChI is InChI=1S/C17H24ClFN2O2/c1-10(2)20(11(3)4)9-14-7-17(16(19)8-15(14)18)21(12(5)22)13(6)23/h7-8,10-11H,9H2,1-6H3. The lowest BCUT2D eigenvalue weighted by atomic mass is 10.1. The first-order valence-electron chi connectivity index (χ1n) is 7.61. The molecule has 0 aromatic heterocycles. The van der Waals surface area contributed by atoms with E-state index >= 15 is 0 Å². The molecule has 1 aromatic rings. The number of amides is 2. The summed E-state index contributed by atoms with van der Waals surface area (Å²) in [5, 5.41) is 0.282. The predicted molar refractivity (Wildman–Crippen MR) is 91.1 cm³/mol. The second-order valence-corrected chi connectivity index (χ2v) is 6.54. The lowest BCUT2D eigenvalue weighted by Gasteiger charge is -2.31. The largest absolute Gasteiger partial charge is 0.294 e. The van der Waals surface area contributed by atoms with Crippen molar-refractivity contribution in [2.45, 2.75) is 60.2 Å². The molecule has 23 heavy (non-hydrogen) atoms. The van der Waals surface area contributed by atoms with E-state index in [0.717, 1.165) is 11.0 Å². The average Bonchev–Trinajstić information content (AvgIpc) is 2.38. The van der Waals surface area contributed by atoms with Gasteiger partial charge in [-0.15, -0.1) is 0 Å². The van der Waals surface area contributed by atoms with Crippen LogP contribution in [0, 0.1) is 5.82 Å². The zero-order chi connectivity index (χ0) is 17.9. The van der Waals surface area contributed by atoms with Crippen LogP contribution in [-0.4, -0.2) is 28.8 Å². The van der Waals surface area contributed by atoms with Crippen LogP contribution >= 0.6 is 11.6 Å². The molecule has 4 nitrogen and oxygen atoms in total. The van der Waals surface area contributed by atoms with Gasteiger partial charge in [-0.2, -0.15) is 0 Å². The van der Waals surface area contributed by atoms with Crippen molar-refractivity contribution in [3.63, 3.8) is 0 Å². The van der Waals surface area contributed by atoms with Crippen molar-refractivity contribution < 1.29 is 14.0 Å². The highest BCUT2D eigenvalue weighted by atomic mass is 35.5. The van der Waals surface area contributed by atoms with Gasteiger partial charge in [-0.1, -0.05) is 11.6 Å². The van der Waals surface area contributed by atoms with Crippen LogP contribution in [-0.2, 0) is 16.1 Å². The molecule has 0 atom stereocenters. The van der Waals surface area contributed by atoms with Crippen molar-refractivity contribution in [3.05, 3.63) is 28.5 Å². The molecule has 0 aliphatic rings. The van der Waals surface area contributed by atoms with Crippen LogP contribution in [0.1, 0.15) is 47.1 Å². The SMILES string of the molecule is CC(=O)N(C(C)=O)c1cc(CN(C(C)C)C(C)C)c(Cl)cc1F. The van der Waals surface area contributed by atoms with Crippen molar-refractivity contribution in [2.24, 2.45) is 0 Å². The van der Waals surface area contributed by atoms with Gasteiger partial charge in [-0.05, 0) is 45.4 Å². The first kappa shape index (κ1) is 19.6. The molecule has 0 aliphatic carbocycles. The second kappa shape index (κ2) is 7.88. The number of carbonyl (C=O) groups is 2. The van der Waals surface area contributed by atoms with E-state index in [1.165, 1.54) is 19.9 Å². The van der Waals surface area contributed by atoms with Gasteiger partial charge in [0, 0.05) is 37.5 Å². The Kier molecular flexibility index (Phi) is 6.71. The summed E-state index contributed by atoms with van der Waals surface area (Å²) in [5.74, 6) is -1.76. The Hall–Kier alpha value is -1.46. The average molecular weight is 343 g/mol. The Morgan fingerprint density at radius 3 is 1.96 bits per heavy atom. The summed E-state index contributed by atoms with van der Waals surface area (Å²) in [6.45, 7) is 11.2. The summed E-state index contributed by atoms with van der Waals surface area (Å²) in [6.07, 6.45) is 0. The summed E-state index contributed by atoms with van der Waals surface area (Å²) in [4.78, 5) is 26.3. The maximum atomic E-state index is 14.2. The highest BCUT2D eigenvalue weighted by Gasteiger charge is 2.23. The molecule has 2 amide bonds. The van der Waals surface area contributed by atoms with Gasteiger partial charge in [-0.25, -0.2) is 9.29 Å². The summed E-state index contributed by atoms with van der Waals surface area (Å²) in [6, 6.07) is 3.19. The molecule has 6 heteroatoms. The van der Waals surface area contributed by atoms with Crippen molar-refractivity contribution >= 4 is 29.1 Å². The summed E-state index contributed by atoms with van der Waals surface area (Å²) >= 11 is 6.16. The number of benzene rings is 1. The summed E-state index contributed by atoms with van der Waals surface area (Å²) in [5.41, 5.74) is 0.620. The quantitative estimate of drug-likeness (QED) is 0.812. The second-order valence-electron chi connectivity index (χ2n) is 6.13. The van der Waals surface area contributed by atoms with Crippen LogP contribution in [0.2, 0.25) is 5.02 Å². The monoisotopic (exact) mass is 342 g/mol. The third-order valence-corrected chi connectivity index (χ3v) is 4.02. The van der Waals surface area contributed by atoms with Gasteiger partial charge in [0.2, 0.25) is 11.8 Å². The van der Waals surface area contributed by atoms with Gasteiger partial charge in [0.25, 0.3) is 0 Å². The molecule has 1 rings (SSSR count). The molecule has 0 radical (unpaired) electrons. The van der Waals surface area contributed by atoms with Crippen molar-refractivity contribution in [2.75, 3.05) is 4.90 Å². The van der Waals surface area contributed by atoms with Crippen LogP contribution in [0.4, 0.5) is 10.1 Å². The normalized spacial score (nSPS) is 11.4. The number of anilines is 1. The van der Waals surface area contributed by atoms with Crippen LogP contribution in [0.25, 0.3) is 0 Å². The number of hydrogen-bond donors (Lipinski definition) is 0. The van der Waals surface area contributed by atoms with E-state index in [1.54, 1.807) is 0 Å². The molecule has 1 aromatic carbocycles. The Morgan fingerprint density at radius 2 is 1.57 bits per heavy atom. The lowest BCUT2D eigenvalue weighted by molar-refractivity contribution is -0.124. The highest BCUT2D eigenvalue weighted by molar-refractivity contribution is 6.31. The summed E-state index contributed by atoms with van der Waals surface area (Å²) in [7, 11) is 0. The molecular formula is C17H24ClFN2O2. The highest BCUT2D eigenvalue weighted by Crippen LogP contribution is 2.29. The molecule has 0 bridgehead atoms. The molecule has 0 N–H and O–H groups in total. The molecule has 0 saturated carbocycles. The predicted octanol–water partition coefficient (Wildman–Crippen LogP) is 4.00. The van der Waals surface area contributed by atoms with Gasteiger partial charge in [-0.3, -0.25) is 14.5 Å². The lowest BCUT2D eigenvalue weighted by Crippen LogP contribution is -2.37. The van der Waals surface area contributed by atoms with Crippen molar-refractivity contribution in [1.82, 2.24) is 4.90 Å². The van der Waals surface area contributed by atoms with E-state index in [0.29, 0.717) is 12.1 Å². The Labute approximate surface area is 142 Å². The summed E-state index contributed by atoms with van der Waals surface area (Å²) < 4.78 is 14.2. The Balaban J connectivity index is 3.33. The van der Waals surface area contributed by atoms with E-state index < -0.39 is 17.6 Å². The first-order chi connectivity index (χ1) is 10.6. The molecule has 0 saturated heterocycles. The fourth-order valence-electron chi connectivity index (χ4n) is 2.59. The van der Waals surface area contributed by atoms with Gasteiger partial charge in [0.15, 0.2) is 0 Å². The smallest absolute Gasteiger partial charge is 0.230 e. The number of rotatable bonds is 5. The minimum atomic E-state index is -0.690. The topological polar surface area (TPSA) is 40.6 Å². The van der Waals surface area contributed by atoms with Crippen LogP contribution in [0.15, 0.2) is 12.1 Å². The van der Waals surface area contributed by atoms with Crippen molar-refractivity contribution in [1.29, 1.82) is 0 Å². The fourth-order valence-corrected chi connectivity index (χ4v) is 2.80.